The number of nitrogens with zero attached hydrogens (tertiary/aromatic N) is 4. The van der Waals surface area contributed by atoms with E-state index < -0.39 is 0 Å². The van der Waals surface area contributed by atoms with E-state index in [0.29, 0.717) is 0 Å². The molecule has 0 aliphatic rings. The summed E-state index contributed by atoms with van der Waals surface area (Å²) in [6, 6.07) is 78.9. The smallest absolute Gasteiger partial charge is 0.165 e. The molecular weight excluding hydrogens is 741 g/mol. The molecule has 4 heteroatoms. The molecule has 10 aromatic carbocycles. The van der Waals surface area contributed by atoms with Crippen molar-refractivity contribution in [2.24, 2.45) is 0 Å². The van der Waals surface area contributed by atoms with Crippen LogP contribution in [0.25, 0.3) is 116 Å². The summed E-state index contributed by atoms with van der Waals surface area (Å²) in [7, 11) is 0. The minimum atomic E-state index is 0.912. The molecule has 0 N–H and O–H groups in total. The fraction of sp³-hybridized carbons (Fsp3) is 0. The molecule has 0 aliphatic heterocycles. The van der Waals surface area contributed by atoms with Gasteiger partial charge in [-0.15, -0.1) is 0 Å². The SMILES string of the molecule is c1ccc(-c2nc3c(c4c5c6ccccc6n(-c6ccc(-c7ccc8c9ccccc9c9ccccc9c8c7)cc6)c5ccc4n3-c3ccccc3)n2-c2ccccc2)cc1. The summed E-state index contributed by atoms with van der Waals surface area (Å²) in [4.78, 5) is 5.53. The van der Waals surface area contributed by atoms with Gasteiger partial charge in [0.15, 0.2) is 5.65 Å². The Bertz CT molecular complexity index is 3800. The molecule has 13 rings (SSSR count). The van der Waals surface area contributed by atoms with Crippen LogP contribution in [0.4, 0.5) is 0 Å². The zero-order chi connectivity index (χ0) is 40.0. The van der Waals surface area contributed by atoms with Crippen molar-refractivity contribution in [1.82, 2.24) is 18.7 Å². The van der Waals surface area contributed by atoms with Gasteiger partial charge in [0.25, 0.3) is 0 Å². The molecule has 4 nitrogen and oxygen atoms in total. The monoisotopic (exact) mass is 776 g/mol. The number of hydrogen-bond acceptors (Lipinski definition) is 1. The predicted molar refractivity (Wildman–Crippen MR) is 256 cm³/mol. The first kappa shape index (κ1) is 33.7. The van der Waals surface area contributed by atoms with Gasteiger partial charge in [-0.25, -0.2) is 4.98 Å². The van der Waals surface area contributed by atoms with Gasteiger partial charge in [-0.2, -0.15) is 0 Å². The van der Waals surface area contributed by atoms with Crippen molar-refractivity contribution in [3.05, 3.63) is 218 Å². The van der Waals surface area contributed by atoms with E-state index in [1.165, 1.54) is 59.6 Å². The molecule has 0 amide bonds. The highest BCUT2D eigenvalue weighted by molar-refractivity contribution is 6.29. The maximum absolute atomic E-state index is 5.53. The third-order valence-electron chi connectivity index (χ3n) is 12.6. The summed E-state index contributed by atoms with van der Waals surface area (Å²) in [6.07, 6.45) is 0. The zero-order valence-corrected chi connectivity index (χ0v) is 33.1. The lowest BCUT2D eigenvalue weighted by atomic mass is 9.92. The highest BCUT2D eigenvalue weighted by Crippen LogP contribution is 2.45. The quantitative estimate of drug-likeness (QED) is 0.160. The summed E-state index contributed by atoms with van der Waals surface area (Å²) in [5.41, 5.74) is 12.2. The maximum Gasteiger partial charge on any atom is 0.165 e. The molecule has 0 saturated heterocycles. The number of fused-ring (bicyclic) bond motifs is 13. The Morgan fingerprint density at radius 2 is 0.754 bits per heavy atom. The van der Waals surface area contributed by atoms with Gasteiger partial charge in [-0.1, -0.05) is 158 Å². The number of rotatable bonds is 5. The Balaban J connectivity index is 1.06. The second kappa shape index (κ2) is 13.2. The van der Waals surface area contributed by atoms with Crippen LogP contribution in [-0.4, -0.2) is 18.7 Å². The highest BCUT2D eigenvalue weighted by Gasteiger charge is 2.26. The van der Waals surface area contributed by atoms with E-state index >= 15 is 0 Å². The van der Waals surface area contributed by atoms with E-state index in [-0.39, 0.29) is 0 Å². The van der Waals surface area contributed by atoms with Crippen molar-refractivity contribution in [3.63, 3.8) is 0 Å². The van der Waals surface area contributed by atoms with Gasteiger partial charge in [0.2, 0.25) is 0 Å². The molecule has 0 spiro atoms. The van der Waals surface area contributed by atoms with Crippen LogP contribution < -0.4 is 0 Å². The fourth-order valence-electron chi connectivity index (χ4n) is 9.99. The fourth-order valence-corrected chi connectivity index (χ4v) is 9.99. The first-order valence-electron chi connectivity index (χ1n) is 20.9. The number of benzene rings is 10. The summed E-state index contributed by atoms with van der Waals surface area (Å²) in [5, 5.41) is 11.3. The lowest BCUT2D eigenvalue weighted by molar-refractivity contribution is 1.10. The average Bonchev–Trinajstić information content (AvgIpc) is 3.99. The summed E-state index contributed by atoms with van der Waals surface area (Å²) < 4.78 is 7.13. The second-order valence-corrected chi connectivity index (χ2v) is 15.9. The van der Waals surface area contributed by atoms with Gasteiger partial charge in [-0.3, -0.25) is 9.13 Å². The molecule has 0 atom stereocenters. The van der Waals surface area contributed by atoms with Crippen LogP contribution in [0.3, 0.4) is 0 Å². The van der Waals surface area contributed by atoms with E-state index in [9.17, 15) is 0 Å². The molecule has 0 unspecified atom stereocenters. The van der Waals surface area contributed by atoms with Crippen molar-refractivity contribution in [2.75, 3.05) is 0 Å². The minimum absolute atomic E-state index is 0.912. The van der Waals surface area contributed by atoms with Crippen molar-refractivity contribution in [2.45, 2.75) is 0 Å². The average molecular weight is 777 g/mol. The maximum atomic E-state index is 5.53. The largest absolute Gasteiger partial charge is 0.309 e. The third kappa shape index (κ3) is 4.97. The van der Waals surface area contributed by atoms with Crippen molar-refractivity contribution in [1.29, 1.82) is 0 Å². The zero-order valence-electron chi connectivity index (χ0n) is 33.1. The highest BCUT2D eigenvalue weighted by atomic mass is 15.2. The Labute approximate surface area is 351 Å². The van der Waals surface area contributed by atoms with Gasteiger partial charge in [0.05, 0.1) is 16.6 Å². The topological polar surface area (TPSA) is 27.7 Å². The molecule has 0 radical (unpaired) electrons. The first-order valence-corrected chi connectivity index (χ1v) is 20.9. The normalized spacial score (nSPS) is 11.9. The molecule has 61 heavy (non-hydrogen) atoms. The van der Waals surface area contributed by atoms with Crippen LogP contribution in [0, 0.1) is 0 Å². The van der Waals surface area contributed by atoms with Crippen LogP contribution >= 0.6 is 0 Å². The van der Waals surface area contributed by atoms with Crippen LogP contribution in [0.2, 0.25) is 0 Å². The molecule has 13 aromatic rings. The predicted octanol–water partition coefficient (Wildman–Crippen LogP) is 14.9. The molecule has 0 fully saturated rings. The van der Waals surface area contributed by atoms with Crippen LogP contribution in [0.5, 0.6) is 0 Å². The van der Waals surface area contributed by atoms with E-state index in [1.54, 1.807) is 0 Å². The summed E-state index contributed by atoms with van der Waals surface area (Å²) >= 11 is 0. The molecule has 0 saturated carbocycles. The van der Waals surface area contributed by atoms with Gasteiger partial charge in [-0.05, 0) is 104 Å². The van der Waals surface area contributed by atoms with Gasteiger partial charge in [0, 0.05) is 38.8 Å². The number of aromatic nitrogens is 4. The molecule has 3 aromatic heterocycles. The lowest BCUT2D eigenvalue weighted by Gasteiger charge is -2.13. The van der Waals surface area contributed by atoms with E-state index in [4.69, 9.17) is 4.98 Å². The third-order valence-corrected chi connectivity index (χ3v) is 12.6. The van der Waals surface area contributed by atoms with Crippen LogP contribution in [0.15, 0.2) is 218 Å². The molecule has 284 valence electrons. The van der Waals surface area contributed by atoms with E-state index in [2.05, 4.69) is 232 Å². The first-order chi connectivity index (χ1) is 30.3. The Morgan fingerprint density at radius 1 is 0.279 bits per heavy atom. The minimum Gasteiger partial charge on any atom is -0.309 e. The molecule has 0 bridgehead atoms. The van der Waals surface area contributed by atoms with E-state index in [0.717, 1.165) is 56.2 Å². The van der Waals surface area contributed by atoms with Crippen molar-refractivity contribution in [3.8, 4) is 39.6 Å². The van der Waals surface area contributed by atoms with Crippen LogP contribution in [0.1, 0.15) is 0 Å². The standard InChI is InChI=1S/C57H36N4/c1-4-16-38(17-5-1)56-58-57-55(61(56)41-20-8-3-9-21-41)54-52(60(57)40-18-6-2-7-19-40)35-34-51-53(54)48-26-14-15-27-50(48)59(51)42-31-28-37(29-32-42)39-30-33-47-45-24-11-10-22-43(45)44-23-12-13-25-46(44)49(47)36-39/h1-36H. The molecular formula is C57H36N4. The summed E-state index contributed by atoms with van der Waals surface area (Å²) in [5.74, 6) is 0.912. The number of hydrogen-bond donors (Lipinski definition) is 0. The van der Waals surface area contributed by atoms with E-state index in [1.807, 2.05) is 0 Å². The molecule has 3 heterocycles. The van der Waals surface area contributed by atoms with Gasteiger partial charge >= 0.3 is 0 Å². The Morgan fingerprint density at radius 3 is 1.39 bits per heavy atom. The Kier molecular flexibility index (Phi) is 7.27. The van der Waals surface area contributed by atoms with Crippen molar-refractivity contribution >= 4 is 76.2 Å². The number of para-hydroxylation sites is 3. The van der Waals surface area contributed by atoms with Crippen molar-refractivity contribution < 1.29 is 0 Å². The summed E-state index contributed by atoms with van der Waals surface area (Å²) in [6.45, 7) is 0. The molecule has 0 aliphatic carbocycles. The van der Waals surface area contributed by atoms with Crippen LogP contribution in [-0.2, 0) is 0 Å². The Hall–Kier alpha value is -8.21. The van der Waals surface area contributed by atoms with Gasteiger partial charge in [0.1, 0.15) is 11.3 Å². The number of imidazole rings is 1. The second-order valence-electron chi connectivity index (χ2n) is 15.9. The lowest BCUT2D eigenvalue weighted by Crippen LogP contribution is -1.98. The van der Waals surface area contributed by atoms with Gasteiger partial charge < -0.3 is 4.57 Å².